The number of H-pyrrole nitrogens is 1. The Morgan fingerprint density at radius 1 is 1.15 bits per heavy atom. The van der Waals surface area contributed by atoms with Crippen molar-refractivity contribution in [2.75, 3.05) is 11.4 Å². The number of aliphatic imine (C=N–C) groups is 1. The summed E-state index contributed by atoms with van der Waals surface area (Å²) in [5, 5.41) is 11.7. The quantitative estimate of drug-likeness (QED) is 0.728. The zero-order valence-electron chi connectivity index (χ0n) is 14.3. The summed E-state index contributed by atoms with van der Waals surface area (Å²) in [5.74, 6) is -0.184. The molecule has 0 aliphatic carbocycles. The number of hydrogen-bond acceptors (Lipinski definition) is 4. The van der Waals surface area contributed by atoms with E-state index < -0.39 is 11.6 Å². The number of nitrogens with one attached hydrogen (secondary N) is 1. The number of aryl methyl sites for hydroxylation is 3. The molecule has 0 saturated carbocycles. The first-order valence-corrected chi connectivity index (χ1v) is 8.48. The minimum Gasteiger partial charge on any atom is -0.310 e. The van der Waals surface area contributed by atoms with Crippen molar-refractivity contribution in [1.82, 2.24) is 20.0 Å². The van der Waals surface area contributed by atoms with Crippen LogP contribution < -0.4 is 4.90 Å². The lowest BCUT2D eigenvalue weighted by molar-refractivity contribution is 0.542. The number of nitrogens with zero attached hydrogens (tertiary/aromatic N) is 5. The highest BCUT2D eigenvalue weighted by Crippen LogP contribution is 2.42. The average molecular weight is 354 g/mol. The van der Waals surface area contributed by atoms with Gasteiger partial charge in [-0.2, -0.15) is 10.2 Å². The van der Waals surface area contributed by atoms with Gasteiger partial charge in [-0.15, -0.1) is 0 Å². The SMILES string of the molecule is Cc1ccc(F)c(C2=Nc3c(n[nH]c3C)-c3cnn4c3N2CCC4)c1F. The van der Waals surface area contributed by atoms with E-state index in [4.69, 9.17) is 0 Å². The number of anilines is 1. The third kappa shape index (κ3) is 1.92. The van der Waals surface area contributed by atoms with Crippen LogP contribution in [0.4, 0.5) is 20.3 Å². The number of fused-ring (bicyclic) bond motifs is 2. The van der Waals surface area contributed by atoms with Crippen molar-refractivity contribution in [2.45, 2.75) is 26.8 Å². The molecule has 132 valence electrons. The van der Waals surface area contributed by atoms with Crippen molar-refractivity contribution >= 4 is 17.3 Å². The average Bonchev–Trinajstić information content (AvgIpc) is 3.17. The first-order chi connectivity index (χ1) is 12.6. The molecule has 2 aliphatic rings. The van der Waals surface area contributed by atoms with Gasteiger partial charge in [-0.25, -0.2) is 18.5 Å². The standard InChI is InChI=1S/C18H16F2N6/c1-9-4-5-12(19)13(14(9)20)17-22-15-10(2)23-24-16(15)11-8-21-26-7-3-6-25(17)18(11)26/h4-5,8H,3,6-7H2,1-2H3,(H,23,24). The first-order valence-electron chi connectivity index (χ1n) is 8.48. The van der Waals surface area contributed by atoms with Gasteiger partial charge in [-0.3, -0.25) is 5.10 Å². The van der Waals surface area contributed by atoms with E-state index in [1.807, 2.05) is 16.5 Å². The fourth-order valence-corrected chi connectivity index (χ4v) is 3.65. The van der Waals surface area contributed by atoms with Gasteiger partial charge in [0.2, 0.25) is 0 Å². The van der Waals surface area contributed by atoms with E-state index in [0.29, 0.717) is 23.5 Å². The Kier molecular flexibility index (Phi) is 3.07. The Morgan fingerprint density at radius 2 is 2.00 bits per heavy atom. The summed E-state index contributed by atoms with van der Waals surface area (Å²) < 4.78 is 31.5. The normalized spacial score (nSPS) is 15.4. The van der Waals surface area contributed by atoms with Gasteiger partial charge in [0.25, 0.3) is 0 Å². The van der Waals surface area contributed by atoms with Crippen molar-refractivity contribution in [2.24, 2.45) is 4.99 Å². The van der Waals surface area contributed by atoms with Crippen LogP contribution in [0.1, 0.15) is 23.2 Å². The minimum atomic E-state index is -0.630. The zero-order valence-corrected chi connectivity index (χ0v) is 14.3. The summed E-state index contributed by atoms with van der Waals surface area (Å²) in [5.41, 5.74) is 3.06. The lowest BCUT2D eigenvalue weighted by atomic mass is 10.1. The molecule has 0 fully saturated rings. The van der Waals surface area contributed by atoms with E-state index >= 15 is 0 Å². The van der Waals surface area contributed by atoms with Crippen LogP contribution in [0.3, 0.4) is 0 Å². The molecule has 1 N–H and O–H groups in total. The van der Waals surface area contributed by atoms with Gasteiger partial charge in [0, 0.05) is 13.1 Å². The molecule has 8 heteroatoms. The molecule has 2 aliphatic heterocycles. The van der Waals surface area contributed by atoms with Crippen LogP contribution in [0.25, 0.3) is 11.3 Å². The van der Waals surface area contributed by atoms with Crippen LogP contribution in [0.2, 0.25) is 0 Å². The Balaban J connectivity index is 1.87. The summed E-state index contributed by atoms with van der Waals surface area (Å²) in [6.07, 6.45) is 2.55. The molecule has 26 heavy (non-hydrogen) atoms. The van der Waals surface area contributed by atoms with Gasteiger partial charge in [0.15, 0.2) is 0 Å². The summed E-state index contributed by atoms with van der Waals surface area (Å²) in [4.78, 5) is 6.53. The second-order valence-electron chi connectivity index (χ2n) is 6.64. The Labute approximate surface area is 148 Å². The molecule has 0 bridgehead atoms. The van der Waals surface area contributed by atoms with Crippen molar-refractivity contribution in [3.05, 3.63) is 46.8 Å². The maximum Gasteiger partial charge on any atom is 0.148 e. The number of hydrogen-bond donors (Lipinski definition) is 1. The van der Waals surface area contributed by atoms with Gasteiger partial charge < -0.3 is 4.90 Å². The molecule has 6 nitrogen and oxygen atoms in total. The van der Waals surface area contributed by atoms with Gasteiger partial charge in [0.1, 0.15) is 34.7 Å². The maximum absolute atomic E-state index is 14.9. The molecule has 0 amide bonds. The number of benzene rings is 1. The number of halogens is 2. The van der Waals surface area contributed by atoms with Crippen LogP contribution in [0.15, 0.2) is 23.3 Å². The lowest BCUT2D eigenvalue weighted by Gasteiger charge is -2.30. The van der Waals surface area contributed by atoms with E-state index in [9.17, 15) is 8.78 Å². The second kappa shape index (κ2) is 5.23. The zero-order chi connectivity index (χ0) is 18.0. The molecule has 5 rings (SSSR count). The van der Waals surface area contributed by atoms with Crippen LogP contribution in [0, 0.1) is 25.5 Å². The molecular formula is C18H16F2N6. The van der Waals surface area contributed by atoms with Gasteiger partial charge in [-0.1, -0.05) is 6.07 Å². The lowest BCUT2D eigenvalue weighted by Crippen LogP contribution is -2.39. The highest BCUT2D eigenvalue weighted by atomic mass is 19.1. The van der Waals surface area contributed by atoms with E-state index in [-0.39, 0.29) is 11.4 Å². The first kappa shape index (κ1) is 15.2. The third-order valence-electron chi connectivity index (χ3n) is 4.97. The fraction of sp³-hybridized carbons (Fsp3) is 0.278. The molecule has 0 saturated heterocycles. The maximum atomic E-state index is 14.9. The molecule has 1 aromatic carbocycles. The van der Waals surface area contributed by atoms with Crippen molar-refractivity contribution in [3.63, 3.8) is 0 Å². The van der Waals surface area contributed by atoms with E-state index in [1.54, 1.807) is 13.1 Å². The Bertz CT molecular complexity index is 1080. The Hall–Kier alpha value is -3.03. The van der Waals surface area contributed by atoms with Crippen LogP contribution in [-0.4, -0.2) is 32.4 Å². The van der Waals surface area contributed by atoms with Gasteiger partial charge >= 0.3 is 0 Å². The van der Waals surface area contributed by atoms with Crippen molar-refractivity contribution in [1.29, 1.82) is 0 Å². The predicted octanol–water partition coefficient (Wildman–Crippen LogP) is 3.47. The van der Waals surface area contributed by atoms with Crippen LogP contribution in [0.5, 0.6) is 0 Å². The second-order valence-corrected chi connectivity index (χ2v) is 6.64. The summed E-state index contributed by atoms with van der Waals surface area (Å²) in [7, 11) is 0. The van der Waals surface area contributed by atoms with E-state index in [2.05, 4.69) is 20.3 Å². The van der Waals surface area contributed by atoms with Crippen molar-refractivity contribution in [3.8, 4) is 11.3 Å². The van der Waals surface area contributed by atoms with Crippen LogP contribution >= 0.6 is 0 Å². The van der Waals surface area contributed by atoms with E-state index in [1.165, 1.54) is 12.1 Å². The molecule has 0 atom stereocenters. The molecule has 4 heterocycles. The number of amidine groups is 1. The fourth-order valence-electron chi connectivity index (χ4n) is 3.65. The topological polar surface area (TPSA) is 62.1 Å². The monoisotopic (exact) mass is 354 g/mol. The molecule has 0 unspecified atom stereocenters. The molecular weight excluding hydrogens is 338 g/mol. The highest BCUT2D eigenvalue weighted by Gasteiger charge is 2.34. The molecule has 3 aromatic rings. The number of aromatic amines is 1. The number of aromatic nitrogens is 4. The molecule has 2 aromatic heterocycles. The smallest absolute Gasteiger partial charge is 0.148 e. The largest absolute Gasteiger partial charge is 0.310 e. The minimum absolute atomic E-state index is 0.112. The molecule has 0 radical (unpaired) electrons. The van der Waals surface area contributed by atoms with E-state index in [0.717, 1.165) is 30.0 Å². The molecule has 0 spiro atoms. The Morgan fingerprint density at radius 3 is 2.85 bits per heavy atom. The van der Waals surface area contributed by atoms with Gasteiger partial charge in [-0.05, 0) is 31.9 Å². The summed E-state index contributed by atoms with van der Waals surface area (Å²) >= 11 is 0. The predicted molar refractivity (Wildman–Crippen MR) is 93.8 cm³/mol. The number of rotatable bonds is 1. The van der Waals surface area contributed by atoms with Gasteiger partial charge in [0.05, 0.1) is 23.0 Å². The highest BCUT2D eigenvalue weighted by molar-refractivity contribution is 6.14. The summed E-state index contributed by atoms with van der Waals surface area (Å²) in [6.45, 7) is 4.82. The van der Waals surface area contributed by atoms with Crippen molar-refractivity contribution < 1.29 is 8.78 Å². The summed E-state index contributed by atoms with van der Waals surface area (Å²) in [6, 6.07) is 2.72. The third-order valence-corrected chi connectivity index (χ3v) is 4.97. The van der Waals surface area contributed by atoms with Crippen LogP contribution in [-0.2, 0) is 6.54 Å².